The van der Waals surface area contributed by atoms with Gasteiger partial charge in [-0.15, -0.1) is 0 Å². The van der Waals surface area contributed by atoms with Gasteiger partial charge in [0.2, 0.25) is 0 Å². The molecule has 21 heavy (non-hydrogen) atoms. The van der Waals surface area contributed by atoms with Crippen molar-refractivity contribution in [2.24, 2.45) is 14.1 Å². The van der Waals surface area contributed by atoms with Crippen molar-refractivity contribution < 1.29 is 4.74 Å². The van der Waals surface area contributed by atoms with Gasteiger partial charge in [-0.05, 0) is 13.3 Å². The fourth-order valence-corrected chi connectivity index (χ4v) is 2.91. The Balaban J connectivity index is 1.60. The molecule has 1 aliphatic rings. The molecule has 0 saturated carbocycles. The summed E-state index contributed by atoms with van der Waals surface area (Å²) in [6.07, 6.45) is 7.84. The first-order valence-corrected chi connectivity index (χ1v) is 7.45. The van der Waals surface area contributed by atoms with Gasteiger partial charge in [0.15, 0.2) is 0 Å². The molecule has 0 unspecified atom stereocenters. The van der Waals surface area contributed by atoms with Gasteiger partial charge < -0.3 is 14.6 Å². The summed E-state index contributed by atoms with van der Waals surface area (Å²) in [5.74, 6) is 0. The zero-order chi connectivity index (χ0) is 14.8. The number of rotatable bonds is 5. The third-order valence-corrected chi connectivity index (χ3v) is 4.38. The highest BCUT2D eigenvalue weighted by molar-refractivity contribution is 5.21. The summed E-state index contributed by atoms with van der Waals surface area (Å²) in [6.45, 7) is 3.84. The molecule has 1 saturated heterocycles. The first-order valence-electron chi connectivity index (χ1n) is 7.45. The van der Waals surface area contributed by atoms with E-state index < -0.39 is 0 Å². The van der Waals surface area contributed by atoms with Crippen molar-refractivity contribution in [2.45, 2.75) is 31.9 Å². The Morgan fingerprint density at radius 3 is 2.90 bits per heavy atom. The first kappa shape index (κ1) is 14.3. The molecule has 1 N–H and O–H groups in total. The zero-order valence-corrected chi connectivity index (χ0v) is 12.9. The van der Waals surface area contributed by atoms with Gasteiger partial charge in [0.1, 0.15) is 6.10 Å². The summed E-state index contributed by atoms with van der Waals surface area (Å²) >= 11 is 0. The molecule has 3 rings (SSSR count). The summed E-state index contributed by atoms with van der Waals surface area (Å²) in [5, 5.41) is 7.95. The van der Waals surface area contributed by atoms with Gasteiger partial charge >= 0.3 is 0 Å². The third kappa shape index (κ3) is 2.87. The minimum atomic E-state index is 0.116. The number of hydrogen-bond acceptors (Lipinski definition) is 4. The van der Waals surface area contributed by atoms with Gasteiger partial charge in [-0.25, -0.2) is 4.98 Å². The van der Waals surface area contributed by atoms with Crippen LogP contribution < -0.4 is 5.32 Å². The van der Waals surface area contributed by atoms with E-state index in [9.17, 15) is 0 Å². The van der Waals surface area contributed by atoms with Crippen molar-refractivity contribution in [3.63, 3.8) is 0 Å². The van der Waals surface area contributed by atoms with Gasteiger partial charge in [0.05, 0.1) is 12.5 Å². The lowest BCUT2D eigenvalue weighted by Crippen LogP contribution is -2.33. The van der Waals surface area contributed by atoms with Gasteiger partial charge in [0, 0.05) is 62.9 Å². The average molecular weight is 289 g/mol. The summed E-state index contributed by atoms with van der Waals surface area (Å²) < 4.78 is 9.90. The van der Waals surface area contributed by atoms with E-state index in [2.05, 4.69) is 26.9 Å². The van der Waals surface area contributed by atoms with Crippen molar-refractivity contribution in [3.05, 3.63) is 35.7 Å². The maximum absolute atomic E-state index is 5.92. The normalized spacial score (nSPS) is 22.0. The Bertz CT molecular complexity index is 603. The second-order valence-electron chi connectivity index (χ2n) is 5.70. The van der Waals surface area contributed by atoms with Crippen molar-refractivity contribution in [1.82, 2.24) is 24.6 Å². The van der Waals surface area contributed by atoms with Crippen LogP contribution in [0, 0.1) is 6.92 Å². The van der Waals surface area contributed by atoms with Crippen LogP contribution in [-0.4, -0.2) is 38.5 Å². The van der Waals surface area contributed by atoms with Gasteiger partial charge in [-0.3, -0.25) is 4.68 Å². The van der Waals surface area contributed by atoms with Crippen LogP contribution in [0.4, 0.5) is 0 Å². The van der Waals surface area contributed by atoms with Crippen LogP contribution in [0.3, 0.4) is 0 Å². The van der Waals surface area contributed by atoms with E-state index in [1.54, 1.807) is 0 Å². The predicted octanol–water partition coefficient (Wildman–Crippen LogP) is 1.12. The SMILES string of the molecule is Cc1c([C@H]2OCC[C@@H]2NCCc2cncn2C)cnn1C. The lowest BCUT2D eigenvalue weighted by atomic mass is 10.0. The summed E-state index contributed by atoms with van der Waals surface area (Å²) in [6, 6.07) is 0.362. The molecule has 0 aliphatic carbocycles. The Kier molecular flexibility index (Phi) is 4.07. The topological polar surface area (TPSA) is 56.9 Å². The Labute approximate surface area is 125 Å². The predicted molar refractivity (Wildman–Crippen MR) is 80.0 cm³/mol. The van der Waals surface area contributed by atoms with Crippen LogP contribution in [0.25, 0.3) is 0 Å². The van der Waals surface area contributed by atoms with Crippen LogP contribution in [0.2, 0.25) is 0 Å². The quantitative estimate of drug-likeness (QED) is 0.896. The standard InChI is InChI=1S/C15H23N5O/c1-11-13(9-18-20(11)3)15-14(5-7-21-15)17-6-4-12-8-16-10-19(12)2/h8-10,14-15,17H,4-7H2,1-3H3/t14-,15+/m0/s1. The van der Waals surface area contributed by atoms with Crippen molar-refractivity contribution in [2.75, 3.05) is 13.2 Å². The van der Waals surface area contributed by atoms with Crippen LogP contribution in [0.5, 0.6) is 0 Å². The maximum atomic E-state index is 5.92. The molecule has 2 atom stereocenters. The van der Waals surface area contributed by atoms with Crippen LogP contribution >= 0.6 is 0 Å². The maximum Gasteiger partial charge on any atom is 0.101 e. The molecule has 0 radical (unpaired) electrons. The molecule has 0 bridgehead atoms. The third-order valence-electron chi connectivity index (χ3n) is 4.38. The molecule has 2 aromatic heterocycles. The van der Waals surface area contributed by atoms with E-state index >= 15 is 0 Å². The Morgan fingerprint density at radius 2 is 2.24 bits per heavy atom. The number of aromatic nitrogens is 4. The van der Waals surface area contributed by atoms with Crippen molar-refractivity contribution in [3.8, 4) is 0 Å². The lowest BCUT2D eigenvalue weighted by molar-refractivity contribution is 0.0983. The summed E-state index contributed by atoms with van der Waals surface area (Å²) in [5.41, 5.74) is 3.63. The fourth-order valence-electron chi connectivity index (χ4n) is 2.91. The van der Waals surface area contributed by atoms with E-state index in [1.807, 2.05) is 37.5 Å². The number of imidazole rings is 1. The monoisotopic (exact) mass is 289 g/mol. The molecular formula is C15H23N5O. The summed E-state index contributed by atoms with van der Waals surface area (Å²) in [4.78, 5) is 4.15. The zero-order valence-electron chi connectivity index (χ0n) is 12.9. The second kappa shape index (κ2) is 5.99. The lowest BCUT2D eigenvalue weighted by Gasteiger charge is -2.20. The van der Waals surface area contributed by atoms with Crippen molar-refractivity contribution >= 4 is 0 Å². The van der Waals surface area contributed by atoms with Gasteiger partial charge in [0.25, 0.3) is 0 Å². The van der Waals surface area contributed by atoms with Crippen LogP contribution in [0.1, 0.15) is 29.5 Å². The van der Waals surface area contributed by atoms with E-state index in [4.69, 9.17) is 4.74 Å². The highest BCUT2D eigenvalue weighted by atomic mass is 16.5. The largest absolute Gasteiger partial charge is 0.372 e. The number of nitrogens with one attached hydrogen (secondary N) is 1. The smallest absolute Gasteiger partial charge is 0.101 e. The number of nitrogens with zero attached hydrogens (tertiary/aromatic N) is 4. The van der Waals surface area contributed by atoms with E-state index in [-0.39, 0.29) is 6.10 Å². The van der Waals surface area contributed by atoms with E-state index in [1.165, 1.54) is 17.0 Å². The number of aryl methyl sites for hydroxylation is 2. The highest BCUT2D eigenvalue weighted by Crippen LogP contribution is 2.30. The minimum absolute atomic E-state index is 0.116. The molecule has 1 aliphatic heterocycles. The van der Waals surface area contributed by atoms with E-state index in [0.29, 0.717) is 6.04 Å². The van der Waals surface area contributed by atoms with Crippen LogP contribution in [0.15, 0.2) is 18.7 Å². The highest BCUT2D eigenvalue weighted by Gasteiger charge is 2.31. The van der Waals surface area contributed by atoms with Crippen LogP contribution in [-0.2, 0) is 25.3 Å². The molecule has 6 heteroatoms. The summed E-state index contributed by atoms with van der Waals surface area (Å²) in [7, 11) is 4.00. The average Bonchev–Trinajstić information content (AvgIpc) is 3.15. The number of ether oxygens (including phenoxy) is 1. The van der Waals surface area contributed by atoms with Crippen molar-refractivity contribution in [1.29, 1.82) is 0 Å². The molecule has 0 aromatic carbocycles. The molecule has 0 spiro atoms. The van der Waals surface area contributed by atoms with Gasteiger partial charge in [-0.2, -0.15) is 5.10 Å². The Hall–Kier alpha value is -1.66. The fraction of sp³-hybridized carbons (Fsp3) is 0.600. The van der Waals surface area contributed by atoms with E-state index in [0.717, 1.165) is 26.0 Å². The molecule has 114 valence electrons. The molecule has 2 aromatic rings. The number of hydrogen-bond donors (Lipinski definition) is 1. The minimum Gasteiger partial charge on any atom is -0.372 e. The first-order chi connectivity index (χ1) is 10.2. The molecule has 1 fully saturated rings. The molecule has 6 nitrogen and oxygen atoms in total. The molecule has 0 amide bonds. The van der Waals surface area contributed by atoms with Gasteiger partial charge in [-0.1, -0.05) is 0 Å². The molecule has 3 heterocycles. The second-order valence-corrected chi connectivity index (χ2v) is 5.70. The molecular weight excluding hydrogens is 266 g/mol. The Morgan fingerprint density at radius 1 is 1.38 bits per heavy atom.